The quantitative estimate of drug-likeness (QED) is 0.586. The van der Waals surface area contributed by atoms with Gasteiger partial charge in [-0.2, -0.15) is 0 Å². The number of carbonyl (C=O) groups excluding carboxylic acids is 3. The van der Waals surface area contributed by atoms with E-state index in [1.54, 1.807) is 11.0 Å². The summed E-state index contributed by atoms with van der Waals surface area (Å²) < 4.78 is 19.9. The Hall–Kier alpha value is -2.45. The van der Waals surface area contributed by atoms with Gasteiger partial charge in [0.2, 0.25) is 17.7 Å². The number of ether oxygens (including phenoxy) is 1. The number of likely N-dealkylation sites (tertiary alicyclic amines) is 1. The Labute approximate surface area is 214 Å². The van der Waals surface area contributed by atoms with Crippen LogP contribution in [0.5, 0.6) is 0 Å². The summed E-state index contributed by atoms with van der Waals surface area (Å²) in [6.07, 6.45) is 7.84. The van der Waals surface area contributed by atoms with E-state index in [-0.39, 0.29) is 28.9 Å². The van der Waals surface area contributed by atoms with Crippen LogP contribution in [0.15, 0.2) is 30.4 Å². The lowest BCUT2D eigenvalue weighted by Crippen LogP contribution is -2.58. The van der Waals surface area contributed by atoms with Gasteiger partial charge in [0.1, 0.15) is 17.5 Å². The van der Waals surface area contributed by atoms with E-state index in [9.17, 15) is 18.8 Å². The van der Waals surface area contributed by atoms with E-state index in [0.717, 1.165) is 32.1 Å². The van der Waals surface area contributed by atoms with Crippen molar-refractivity contribution in [3.8, 4) is 0 Å². The topological polar surface area (TPSA) is 87.7 Å². The molecule has 7 nitrogen and oxygen atoms in total. The van der Waals surface area contributed by atoms with Gasteiger partial charge in [0, 0.05) is 17.8 Å². The molecule has 3 heterocycles. The number of nitrogens with zero attached hydrogens (tertiary/aromatic N) is 1. The van der Waals surface area contributed by atoms with Gasteiger partial charge in [0.25, 0.3) is 0 Å². The fourth-order valence-electron chi connectivity index (χ4n) is 6.80. The van der Waals surface area contributed by atoms with Crippen molar-refractivity contribution >= 4 is 35.0 Å². The van der Waals surface area contributed by atoms with Crippen molar-refractivity contribution in [2.24, 2.45) is 23.7 Å². The predicted molar refractivity (Wildman–Crippen MR) is 132 cm³/mol. The molecule has 0 aromatic heterocycles. The molecule has 3 amide bonds. The van der Waals surface area contributed by atoms with Crippen LogP contribution < -0.4 is 10.6 Å². The van der Waals surface area contributed by atoms with Gasteiger partial charge in [-0.25, -0.2) is 4.39 Å². The van der Waals surface area contributed by atoms with Gasteiger partial charge in [-0.1, -0.05) is 50.4 Å². The number of rotatable bonds is 5. The normalized spacial score (nSPS) is 38.8. The highest BCUT2D eigenvalue weighted by atomic mass is 35.5. The molecule has 2 aliphatic carbocycles. The fraction of sp³-hybridized carbons (Fsp3) is 0.593. The number of hydrogen-bond acceptors (Lipinski definition) is 4. The number of amides is 3. The monoisotopic (exact) mass is 515 g/mol. The van der Waals surface area contributed by atoms with Gasteiger partial charge in [-0.05, 0) is 49.3 Å². The lowest BCUT2D eigenvalue weighted by Gasteiger charge is -2.38. The lowest BCUT2D eigenvalue weighted by atomic mass is 9.73. The van der Waals surface area contributed by atoms with Crippen LogP contribution in [-0.4, -0.2) is 52.5 Å². The Kier molecular flexibility index (Phi) is 5.68. The van der Waals surface area contributed by atoms with Crippen LogP contribution in [0.1, 0.15) is 46.0 Å². The number of benzene rings is 1. The van der Waals surface area contributed by atoms with Crippen LogP contribution in [0.2, 0.25) is 5.02 Å². The second kappa shape index (κ2) is 8.55. The highest BCUT2D eigenvalue weighted by Gasteiger charge is 2.74. The second-order valence-electron chi connectivity index (χ2n) is 11.2. The summed E-state index contributed by atoms with van der Waals surface area (Å²) in [5.74, 6) is -2.10. The number of carbonyl (C=O) groups is 3. The maximum Gasteiger partial charge on any atom is 0.246 e. The summed E-state index contributed by atoms with van der Waals surface area (Å²) >= 11 is 5.88. The largest absolute Gasteiger partial charge is 0.359 e. The average Bonchev–Trinajstić information content (AvgIpc) is 3.43. The number of hydrogen-bond donors (Lipinski definition) is 2. The molecule has 1 aromatic carbocycles. The van der Waals surface area contributed by atoms with Gasteiger partial charge < -0.3 is 20.3 Å². The number of nitrogens with one attached hydrogen (secondary N) is 2. The van der Waals surface area contributed by atoms with E-state index in [0.29, 0.717) is 17.5 Å². The first-order valence-electron chi connectivity index (χ1n) is 13.0. The lowest BCUT2D eigenvalue weighted by molar-refractivity contribution is -0.142. The Balaban J connectivity index is 1.28. The molecular weight excluding hydrogens is 485 g/mol. The average molecular weight is 516 g/mol. The minimum absolute atomic E-state index is 0.00778. The van der Waals surface area contributed by atoms with E-state index in [1.807, 2.05) is 6.08 Å². The Morgan fingerprint density at radius 2 is 1.94 bits per heavy atom. The Bertz CT molecular complexity index is 1160. The summed E-state index contributed by atoms with van der Waals surface area (Å²) in [6.45, 7) is 4.39. The Morgan fingerprint density at radius 3 is 2.67 bits per heavy atom. The fourth-order valence-corrected chi connectivity index (χ4v) is 6.98. The van der Waals surface area contributed by atoms with Gasteiger partial charge in [0.05, 0.1) is 23.0 Å². The molecule has 0 radical (unpaired) electrons. The molecule has 2 bridgehead atoms. The molecule has 192 valence electrons. The third-order valence-electron chi connectivity index (χ3n) is 9.02. The molecule has 0 unspecified atom stereocenters. The molecule has 5 aliphatic rings. The summed E-state index contributed by atoms with van der Waals surface area (Å²) in [5.41, 5.74) is -0.827. The molecule has 1 spiro atoms. The van der Waals surface area contributed by atoms with Gasteiger partial charge in [0.15, 0.2) is 0 Å². The van der Waals surface area contributed by atoms with Crippen molar-refractivity contribution in [1.29, 1.82) is 0 Å². The first-order valence-corrected chi connectivity index (χ1v) is 13.3. The summed E-state index contributed by atoms with van der Waals surface area (Å²) in [5, 5.41) is 5.93. The minimum Gasteiger partial charge on any atom is -0.359 e. The van der Waals surface area contributed by atoms with E-state index >= 15 is 0 Å². The first kappa shape index (κ1) is 23.9. The van der Waals surface area contributed by atoms with Crippen LogP contribution in [0.25, 0.3) is 0 Å². The van der Waals surface area contributed by atoms with Crippen LogP contribution >= 0.6 is 11.6 Å². The Morgan fingerprint density at radius 1 is 1.17 bits per heavy atom. The van der Waals surface area contributed by atoms with Crippen molar-refractivity contribution in [1.82, 2.24) is 10.2 Å². The molecule has 6 rings (SSSR count). The molecule has 3 aliphatic heterocycles. The first-order chi connectivity index (χ1) is 17.2. The molecule has 4 fully saturated rings. The van der Waals surface area contributed by atoms with Crippen molar-refractivity contribution in [3.05, 3.63) is 41.2 Å². The van der Waals surface area contributed by atoms with Crippen molar-refractivity contribution < 1.29 is 23.5 Å². The standard InChI is InChI=1S/C27H31ClFN3O4/c1-13-4-3-5-19(14(13)2)31-25(34)23-27-11-10-20(36-27)21(22(27)26(35)32(23)16-7-8-16)24(33)30-15-6-9-18(29)17(28)12-15/h6,9-14,16,19-23H,3-5,7-8H2,1-2H3,(H,30,33)(H,31,34)/t13-,14-,19+,20+,21-,22+,23+,27+/m1/s1. The van der Waals surface area contributed by atoms with Gasteiger partial charge >= 0.3 is 0 Å². The molecule has 36 heavy (non-hydrogen) atoms. The van der Waals surface area contributed by atoms with E-state index in [4.69, 9.17) is 16.3 Å². The molecule has 2 saturated heterocycles. The third kappa shape index (κ3) is 3.59. The molecule has 1 aromatic rings. The summed E-state index contributed by atoms with van der Waals surface area (Å²) in [4.78, 5) is 42.8. The number of fused-ring (bicyclic) bond motifs is 1. The number of halogens is 2. The second-order valence-corrected chi connectivity index (χ2v) is 11.6. The zero-order valence-corrected chi connectivity index (χ0v) is 21.1. The summed E-state index contributed by atoms with van der Waals surface area (Å²) in [6, 6.07) is 3.19. The zero-order valence-electron chi connectivity index (χ0n) is 20.4. The van der Waals surface area contributed by atoms with E-state index in [1.165, 1.54) is 18.2 Å². The molecule has 2 saturated carbocycles. The van der Waals surface area contributed by atoms with Crippen LogP contribution in [0.4, 0.5) is 10.1 Å². The molecular formula is C27H31ClFN3O4. The maximum atomic E-state index is 13.8. The summed E-state index contributed by atoms with van der Waals surface area (Å²) in [7, 11) is 0. The van der Waals surface area contributed by atoms with E-state index < -0.39 is 41.3 Å². The van der Waals surface area contributed by atoms with Crippen molar-refractivity contribution in [2.75, 3.05) is 5.32 Å². The zero-order chi connectivity index (χ0) is 25.4. The minimum atomic E-state index is -1.17. The van der Waals surface area contributed by atoms with Crippen LogP contribution in [0.3, 0.4) is 0 Å². The number of anilines is 1. The smallest absolute Gasteiger partial charge is 0.246 e. The highest BCUT2D eigenvalue weighted by Crippen LogP contribution is 2.57. The predicted octanol–water partition coefficient (Wildman–Crippen LogP) is 3.67. The molecule has 9 heteroatoms. The molecule has 2 N–H and O–H groups in total. The highest BCUT2D eigenvalue weighted by molar-refractivity contribution is 6.31. The van der Waals surface area contributed by atoms with Gasteiger partial charge in [-0.3, -0.25) is 14.4 Å². The van der Waals surface area contributed by atoms with Crippen LogP contribution in [-0.2, 0) is 19.1 Å². The third-order valence-corrected chi connectivity index (χ3v) is 9.31. The molecule has 8 atom stereocenters. The van der Waals surface area contributed by atoms with Gasteiger partial charge in [-0.15, -0.1) is 0 Å². The van der Waals surface area contributed by atoms with E-state index in [2.05, 4.69) is 24.5 Å². The maximum absolute atomic E-state index is 13.8. The van der Waals surface area contributed by atoms with Crippen LogP contribution in [0, 0.1) is 29.5 Å². The SMILES string of the molecule is C[C@@H]1[C@H](C)CCC[C@@H]1NC(=O)[C@@H]1N(C2CC2)C(=O)[C@@H]2[C@H](C(=O)Nc3ccc(F)c(Cl)c3)[C@@H]3C=C[C@]21O3. The van der Waals surface area contributed by atoms with Crippen molar-refractivity contribution in [3.63, 3.8) is 0 Å². The van der Waals surface area contributed by atoms with Crippen molar-refractivity contribution in [2.45, 2.75) is 75.8 Å².